The number of thioether (sulfide) groups is 1. The Labute approximate surface area is 130 Å². The molecule has 0 bridgehead atoms. The second-order valence-corrected chi connectivity index (χ2v) is 5.92. The predicted molar refractivity (Wildman–Crippen MR) is 90.2 cm³/mol. The molecule has 0 radical (unpaired) electrons. The summed E-state index contributed by atoms with van der Waals surface area (Å²) in [6.07, 6.45) is 0. The molecule has 2 aromatic rings. The Balaban J connectivity index is 1.99. The highest BCUT2D eigenvalue weighted by Crippen LogP contribution is 2.24. The van der Waals surface area contributed by atoms with Crippen molar-refractivity contribution in [2.24, 2.45) is 5.73 Å². The van der Waals surface area contributed by atoms with Gasteiger partial charge in [-0.15, -0.1) is 0 Å². The van der Waals surface area contributed by atoms with Crippen molar-refractivity contribution >= 4 is 17.6 Å². The van der Waals surface area contributed by atoms with E-state index in [1.165, 1.54) is 16.7 Å². The third kappa shape index (κ3) is 4.26. The summed E-state index contributed by atoms with van der Waals surface area (Å²) in [5, 5.41) is 7.51. The second-order valence-electron chi connectivity index (χ2n) is 4.93. The first-order valence-electron chi connectivity index (χ1n) is 6.74. The normalized spacial score (nSPS) is 10.4. The summed E-state index contributed by atoms with van der Waals surface area (Å²) in [5.41, 5.74) is 9.98. The number of nitrogens with one attached hydrogen (secondary N) is 1. The van der Waals surface area contributed by atoms with E-state index >= 15 is 0 Å². The molecule has 0 atom stereocenters. The first kappa shape index (κ1) is 15.4. The van der Waals surface area contributed by atoms with Gasteiger partial charge in [-0.25, -0.2) is 0 Å². The number of ether oxygens (including phenoxy) is 1. The number of methoxy groups -OCH3 is 1. The molecule has 4 heteroatoms. The van der Waals surface area contributed by atoms with Crippen molar-refractivity contribution in [1.29, 1.82) is 5.41 Å². The molecule has 0 fully saturated rings. The lowest BCUT2D eigenvalue weighted by atomic mass is 10.1. The van der Waals surface area contributed by atoms with Gasteiger partial charge in [-0.1, -0.05) is 35.9 Å². The fourth-order valence-electron chi connectivity index (χ4n) is 2.14. The Morgan fingerprint density at radius 3 is 2.48 bits per heavy atom. The van der Waals surface area contributed by atoms with Gasteiger partial charge in [-0.2, -0.15) is 11.8 Å². The molecule has 0 spiro atoms. The number of rotatable bonds is 6. The minimum absolute atomic E-state index is 0.0332. The van der Waals surface area contributed by atoms with Gasteiger partial charge >= 0.3 is 0 Å². The van der Waals surface area contributed by atoms with Crippen LogP contribution in [-0.4, -0.2) is 12.9 Å². The first-order chi connectivity index (χ1) is 10.1. The number of aryl methyl sites for hydroxylation is 1. The van der Waals surface area contributed by atoms with Gasteiger partial charge in [-0.05, 0) is 30.2 Å². The lowest BCUT2D eigenvalue weighted by molar-refractivity contribution is 0.413. The molecule has 3 N–H and O–H groups in total. The summed E-state index contributed by atoms with van der Waals surface area (Å²) in [6.45, 7) is 2.11. The third-order valence-electron chi connectivity index (χ3n) is 3.18. The van der Waals surface area contributed by atoms with Crippen LogP contribution < -0.4 is 10.5 Å². The SMILES string of the molecule is COc1cc(CSCc2cccc(C)c2)ccc1C(=N)N. The van der Waals surface area contributed by atoms with Gasteiger partial charge in [0.25, 0.3) is 0 Å². The minimum Gasteiger partial charge on any atom is -0.496 e. The standard InChI is InChI=1S/C17H20N2OS/c1-12-4-3-5-13(8-12)10-21-11-14-6-7-15(17(18)19)16(9-14)20-2/h3-9H,10-11H2,1-2H3,(H3,18,19). The van der Waals surface area contributed by atoms with Crippen LogP contribution in [0.3, 0.4) is 0 Å². The quantitative estimate of drug-likeness (QED) is 0.631. The zero-order chi connectivity index (χ0) is 15.2. The number of nitrogen functional groups attached to an aromatic ring is 1. The molecular formula is C17H20N2OS. The average Bonchev–Trinajstić information content (AvgIpc) is 2.47. The predicted octanol–water partition coefficient (Wildman–Crippen LogP) is 3.72. The molecular weight excluding hydrogens is 280 g/mol. The van der Waals surface area contributed by atoms with Crippen molar-refractivity contribution in [3.05, 3.63) is 64.7 Å². The van der Waals surface area contributed by atoms with Crippen molar-refractivity contribution in [3.8, 4) is 5.75 Å². The summed E-state index contributed by atoms with van der Waals surface area (Å²) < 4.78 is 5.30. The van der Waals surface area contributed by atoms with Gasteiger partial charge < -0.3 is 10.5 Å². The molecule has 0 aliphatic rings. The van der Waals surface area contributed by atoms with Gasteiger partial charge in [0, 0.05) is 11.5 Å². The van der Waals surface area contributed by atoms with Crippen molar-refractivity contribution < 1.29 is 4.74 Å². The maximum atomic E-state index is 7.51. The summed E-state index contributed by atoms with van der Waals surface area (Å²) in [4.78, 5) is 0. The molecule has 0 amide bonds. The van der Waals surface area contributed by atoms with Crippen LogP contribution in [0.5, 0.6) is 5.75 Å². The van der Waals surface area contributed by atoms with Gasteiger partial charge in [-0.3, -0.25) is 5.41 Å². The lowest BCUT2D eigenvalue weighted by Crippen LogP contribution is -2.12. The molecule has 0 saturated heterocycles. The molecule has 2 aromatic carbocycles. The summed E-state index contributed by atoms with van der Waals surface area (Å²) >= 11 is 1.86. The Bertz CT molecular complexity index is 640. The van der Waals surface area contributed by atoms with Gasteiger partial charge in [0.1, 0.15) is 11.6 Å². The zero-order valence-corrected chi connectivity index (χ0v) is 13.2. The summed E-state index contributed by atoms with van der Waals surface area (Å²) in [6, 6.07) is 14.4. The third-order valence-corrected chi connectivity index (χ3v) is 4.25. The van der Waals surface area contributed by atoms with Crippen molar-refractivity contribution in [3.63, 3.8) is 0 Å². The van der Waals surface area contributed by atoms with E-state index in [2.05, 4.69) is 31.2 Å². The molecule has 0 saturated carbocycles. The Hall–Kier alpha value is -1.94. The number of benzene rings is 2. The highest BCUT2D eigenvalue weighted by molar-refractivity contribution is 7.97. The van der Waals surface area contributed by atoms with E-state index in [1.807, 2.05) is 30.0 Å². The largest absolute Gasteiger partial charge is 0.496 e. The van der Waals surface area contributed by atoms with Crippen LogP contribution in [0, 0.1) is 12.3 Å². The minimum atomic E-state index is 0.0332. The number of amidine groups is 1. The van der Waals surface area contributed by atoms with E-state index in [4.69, 9.17) is 15.9 Å². The average molecular weight is 300 g/mol. The molecule has 3 nitrogen and oxygen atoms in total. The maximum Gasteiger partial charge on any atom is 0.130 e. The van der Waals surface area contributed by atoms with Gasteiger partial charge in [0.05, 0.1) is 12.7 Å². The zero-order valence-electron chi connectivity index (χ0n) is 12.3. The van der Waals surface area contributed by atoms with E-state index in [9.17, 15) is 0 Å². The van der Waals surface area contributed by atoms with Crippen LogP contribution in [0.25, 0.3) is 0 Å². The van der Waals surface area contributed by atoms with Crippen LogP contribution in [0.2, 0.25) is 0 Å². The smallest absolute Gasteiger partial charge is 0.130 e. The first-order valence-corrected chi connectivity index (χ1v) is 7.90. The van der Waals surface area contributed by atoms with E-state index in [-0.39, 0.29) is 5.84 Å². The highest BCUT2D eigenvalue weighted by atomic mass is 32.2. The molecule has 0 aliphatic heterocycles. The van der Waals surface area contributed by atoms with Gasteiger partial charge in [0.2, 0.25) is 0 Å². The number of hydrogen-bond acceptors (Lipinski definition) is 3. The fraction of sp³-hybridized carbons (Fsp3) is 0.235. The van der Waals surface area contributed by atoms with E-state index in [0.29, 0.717) is 11.3 Å². The van der Waals surface area contributed by atoms with Crippen molar-refractivity contribution in [2.45, 2.75) is 18.4 Å². The second kappa shape index (κ2) is 7.18. The van der Waals surface area contributed by atoms with Gasteiger partial charge in [0.15, 0.2) is 0 Å². The Kier molecular flexibility index (Phi) is 5.28. The monoisotopic (exact) mass is 300 g/mol. The molecule has 0 heterocycles. The summed E-state index contributed by atoms with van der Waals surface area (Å²) in [7, 11) is 1.60. The van der Waals surface area contributed by atoms with Crippen LogP contribution in [0.4, 0.5) is 0 Å². The lowest BCUT2D eigenvalue weighted by Gasteiger charge is -2.09. The van der Waals surface area contributed by atoms with Crippen LogP contribution in [0.15, 0.2) is 42.5 Å². The summed E-state index contributed by atoms with van der Waals surface area (Å²) in [5.74, 6) is 2.59. The Morgan fingerprint density at radius 2 is 1.86 bits per heavy atom. The van der Waals surface area contributed by atoms with Crippen molar-refractivity contribution in [1.82, 2.24) is 0 Å². The molecule has 2 rings (SSSR count). The van der Waals surface area contributed by atoms with Crippen molar-refractivity contribution in [2.75, 3.05) is 7.11 Å². The molecule has 110 valence electrons. The molecule has 0 aromatic heterocycles. The number of hydrogen-bond donors (Lipinski definition) is 2. The highest BCUT2D eigenvalue weighted by Gasteiger charge is 2.07. The van der Waals surface area contributed by atoms with Crippen LogP contribution in [0.1, 0.15) is 22.3 Å². The molecule has 21 heavy (non-hydrogen) atoms. The van der Waals surface area contributed by atoms with E-state index in [0.717, 1.165) is 11.5 Å². The fourth-order valence-corrected chi connectivity index (χ4v) is 3.07. The maximum absolute atomic E-state index is 7.51. The molecule has 0 unspecified atom stereocenters. The topological polar surface area (TPSA) is 59.1 Å². The molecule has 0 aliphatic carbocycles. The number of nitrogens with two attached hydrogens (primary N) is 1. The van der Waals surface area contributed by atoms with E-state index < -0.39 is 0 Å². The van der Waals surface area contributed by atoms with E-state index in [1.54, 1.807) is 7.11 Å². The van der Waals surface area contributed by atoms with Crippen LogP contribution >= 0.6 is 11.8 Å². The van der Waals surface area contributed by atoms with Crippen LogP contribution in [-0.2, 0) is 11.5 Å². The Morgan fingerprint density at radius 1 is 1.14 bits per heavy atom.